The van der Waals surface area contributed by atoms with Crippen molar-refractivity contribution in [3.63, 3.8) is 0 Å². The summed E-state index contributed by atoms with van der Waals surface area (Å²) >= 11 is 24.8. The second kappa shape index (κ2) is 13.7. The molecule has 0 aliphatic carbocycles. The Bertz CT molecular complexity index is 2000. The van der Waals surface area contributed by atoms with E-state index in [0.29, 0.717) is 37.0 Å². The summed E-state index contributed by atoms with van der Waals surface area (Å²) < 4.78 is 39.9. The van der Waals surface area contributed by atoms with Gasteiger partial charge in [0.1, 0.15) is 11.5 Å². The summed E-state index contributed by atoms with van der Waals surface area (Å²) in [7, 11) is -2.81. The molecule has 0 saturated heterocycles. The first-order valence-corrected chi connectivity index (χ1v) is 16.6. The molecule has 238 valence electrons. The Hall–Kier alpha value is -3.57. The number of esters is 1. The van der Waals surface area contributed by atoms with Crippen molar-refractivity contribution in [3.8, 4) is 0 Å². The molecule has 1 amide bonds. The molecular formula is C33H26Cl4N2O6S. The molecule has 3 aromatic carbocycles. The van der Waals surface area contributed by atoms with E-state index in [-0.39, 0.29) is 40.7 Å². The number of methoxy groups -OCH3 is 1. The Morgan fingerprint density at radius 2 is 1.57 bits per heavy atom. The van der Waals surface area contributed by atoms with Gasteiger partial charge in [0.2, 0.25) is 10.0 Å². The van der Waals surface area contributed by atoms with Crippen LogP contribution in [-0.4, -0.2) is 31.7 Å². The van der Waals surface area contributed by atoms with E-state index in [1.807, 2.05) is 6.92 Å². The maximum atomic E-state index is 13.8. The maximum Gasteiger partial charge on any atom is 0.340 e. The first-order chi connectivity index (χ1) is 21.8. The van der Waals surface area contributed by atoms with Crippen molar-refractivity contribution in [3.05, 3.63) is 132 Å². The second-order valence-corrected chi connectivity index (χ2v) is 14.1. The summed E-state index contributed by atoms with van der Waals surface area (Å²) in [5.74, 6) is -0.780. The molecule has 0 unspecified atom stereocenters. The summed E-state index contributed by atoms with van der Waals surface area (Å²) in [5.41, 5.74) is 2.16. The Morgan fingerprint density at radius 1 is 0.891 bits per heavy atom. The summed E-state index contributed by atoms with van der Waals surface area (Å²) in [6.07, 6.45) is 1.41. The third-order valence-corrected chi connectivity index (χ3v) is 10.0. The normalized spacial score (nSPS) is 14.6. The zero-order valence-corrected chi connectivity index (χ0v) is 28.5. The van der Waals surface area contributed by atoms with Crippen molar-refractivity contribution in [2.75, 3.05) is 12.0 Å². The van der Waals surface area contributed by atoms with Crippen LogP contribution in [0.15, 0.2) is 99.0 Å². The molecule has 1 aromatic heterocycles. The van der Waals surface area contributed by atoms with Gasteiger partial charge in [-0.25, -0.2) is 13.2 Å². The van der Waals surface area contributed by atoms with Crippen LogP contribution in [-0.2, 0) is 37.4 Å². The quantitative estimate of drug-likeness (QED) is 0.127. The fraction of sp³-hybridized carbons (Fsp3) is 0.152. The van der Waals surface area contributed by atoms with Crippen molar-refractivity contribution < 1.29 is 27.2 Å². The lowest BCUT2D eigenvalue weighted by molar-refractivity contribution is -0.136. The van der Waals surface area contributed by atoms with Crippen LogP contribution in [0.3, 0.4) is 0 Å². The Morgan fingerprint density at radius 3 is 2.20 bits per heavy atom. The molecule has 0 radical (unpaired) electrons. The van der Waals surface area contributed by atoms with Gasteiger partial charge in [0, 0.05) is 32.3 Å². The number of amides is 1. The van der Waals surface area contributed by atoms with Crippen LogP contribution < -0.4 is 4.90 Å². The number of halogens is 4. The molecule has 0 saturated carbocycles. The van der Waals surface area contributed by atoms with Crippen LogP contribution in [0.5, 0.6) is 0 Å². The number of anilines is 1. The SMILES string of the molecule is COC(=O)C1=C(C)N(c2cc(Cl)cc(Cl)c2)C(=O)/C1=C/c1ccc(CN(Cc2ccc(Cl)cc2Cl)S(=O)(=O)c2ccc(C)cc2)o1. The summed E-state index contributed by atoms with van der Waals surface area (Å²) in [6, 6.07) is 19.1. The fourth-order valence-corrected chi connectivity index (χ4v) is 7.32. The molecule has 4 aromatic rings. The van der Waals surface area contributed by atoms with Crippen molar-refractivity contribution in [2.24, 2.45) is 0 Å². The molecule has 1 aliphatic rings. The van der Waals surface area contributed by atoms with Crippen LogP contribution in [0.25, 0.3) is 6.08 Å². The molecule has 0 fully saturated rings. The predicted molar refractivity (Wildman–Crippen MR) is 179 cm³/mol. The van der Waals surface area contributed by atoms with Gasteiger partial charge in [0.15, 0.2) is 0 Å². The molecule has 0 bridgehead atoms. The number of furan rings is 1. The topological polar surface area (TPSA) is 97.1 Å². The molecule has 1 aliphatic heterocycles. The minimum absolute atomic E-state index is 0.0124. The van der Waals surface area contributed by atoms with Crippen molar-refractivity contribution in [2.45, 2.75) is 31.8 Å². The van der Waals surface area contributed by atoms with Gasteiger partial charge in [0.25, 0.3) is 5.91 Å². The first kappa shape index (κ1) is 33.8. The van der Waals surface area contributed by atoms with Crippen LogP contribution in [0, 0.1) is 6.92 Å². The highest BCUT2D eigenvalue weighted by molar-refractivity contribution is 7.89. The molecule has 5 rings (SSSR count). The van der Waals surface area contributed by atoms with E-state index in [1.54, 1.807) is 61.5 Å². The van der Waals surface area contributed by atoms with E-state index in [4.69, 9.17) is 55.6 Å². The monoisotopic (exact) mass is 718 g/mol. The van der Waals surface area contributed by atoms with Gasteiger partial charge < -0.3 is 9.15 Å². The highest BCUT2D eigenvalue weighted by Crippen LogP contribution is 2.38. The molecular weight excluding hydrogens is 694 g/mol. The number of carbonyl (C=O) groups excluding carboxylic acids is 2. The van der Waals surface area contributed by atoms with E-state index in [2.05, 4.69) is 0 Å². The number of allylic oxidation sites excluding steroid dienone is 1. The Balaban J connectivity index is 1.51. The maximum absolute atomic E-state index is 13.8. The number of aryl methyl sites for hydroxylation is 1. The predicted octanol–water partition coefficient (Wildman–Crippen LogP) is 8.47. The van der Waals surface area contributed by atoms with Crippen LogP contribution >= 0.6 is 46.4 Å². The number of sulfonamides is 1. The van der Waals surface area contributed by atoms with Crippen LogP contribution in [0.4, 0.5) is 5.69 Å². The van der Waals surface area contributed by atoms with Gasteiger partial charge in [-0.1, -0.05) is 70.2 Å². The van der Waals surface area contributed by atoms with E-state index in [1.165, 1.54) is 40.6 Å². The number of benzene rings is 3. The van der Waals surface area contributed by atoms with E-state index in [9.17, 15) is 18.0 Å². The average molecular weight is 720 g/mol. The van der Waals surface area contributed by atoms with Crippen molar-refractivity contribution in [1.29, 1.82) is 0 Å². The number of ether oxygens (including phenoxy) is 1. The van der Waals surface area contributed by atoms with Gasteiger partial charge >= 0.3 is 5.97 Å². The van der Waals surface area contributed by atoms with Gasteiger partial charge in [0.05, 0.1) is 35.4 Å². The molecule has 46 heavy (non-hydrogen) atoms. The number of hydrogen-bond donors (Lipinski definition) is 0. The minimum atomic E-state index is -4.02. The van der Waals surface area contributed by atoms with Crippen molar-refractivity contribution >= 4 is 80.1 Å². The molecule has 2 heterocycles. The molecule has 0 N–H and O–H groups in total. The van der Waals surface area contributed by atoms with E-state index in [0.717, 1.165) is 5.56 Å². The third-order valence-electron chi connectivity index (χ3n) is 7.22. The van der Waals surface area contributed by atoms with E-state index >= 15 is 0 Å². The zero-order valence-electron chi connectivity index (χ0n) is 24.7. The zero-order chi connectivity index (χ0) is 33.3. The van der Waals surface area contributed by atoms with E-state index < -0.39 is 21.9 Å². The lowest BCUT2D eigenvalue weighted by Crippen LogP contribution is -2.30. The molecule has 0 atom stereocenters. The minimum Gasteiger partial charge on any atom is -0.465 e. The lowest BCUT2D eigenvalue weighted by Gasteiger charge is -2.22. The van der Waals surface area contributed by atoms with Crippen LogP contribution in [0.2, 0.25) is 20.1 Å². The fourth-order valence-electron chi connectivity index (χ4n) is 4.96. The van der Waals surface area contributed by atoms with Gasteiger partial charge in [-0.15, -0.1) is 0 Å². The number of nitrogens with zero attached hydrogens (tertiary/aromatic N) is 2. The molecule has 13 heteroatoms. The first-order valence-electron chi connectivity index (χ1n) is 13.7. The van der Waals surface area contributed by atoms with Gasteiger partial charge in [-0.05, 0) is 80.1 Å². The average Bonchev–Trinajstić information content (AvgIpc) is 3.53. The highest BCUT2D eigenvalue weighted by Gasteiger charge is 2.38. The third kappa shape index (κ3) is 7.05. The summed E-state index contributed by atoms with van der Waals surface area (Å²) in [5, 5.41) is 1.34. The van der Waals surface area contributed by atoms with Gasteiger partial charge in [-0.3, -0.25) is 9.69 Å². The molecule has 0 spiro atoms. The summed E-state index contributed by atoms with van der Waals surface area (Å²) in [4.78, 5) is 28.0. The number of rotatable bonds is 9. The standard InChI is InChI=1S/C33H26Cl4N2O6S/c1-19-4-10-28(11-5-19)46(42,43)38(17-21-6-7-22(34)15-30(21)37)18-27-9-8-26(45-27)16-29-31(33(41)44-3)20(2)39(32(29)40)25-13-23(35)12-24(36)14-25/h4-16H,17-18H2,1-3H3/b29-16+. The smallest absolute Gasteiger partial charge is 0.340 e. The highest BCUT2D eigenvalue weighted by atomic mass is 35.5. The van der Waals surface area contributed by atoms with Crippen LogP contribution in [0.1, 0.15) is 29.6 Å². The number of hydrogen-bond acceptors (Lipinski definition) is 6. The second-order valence-electron chi connectivity index (χ2n) is 10.4. The summed E-state index contributed by atoms with van der Waals surface area (Å²) in [6.45, 7) is 3.22. The number of carbonyl (C=O) groups is 2. The Kier molecular flexibility index (Phi) is 10.0. The largest absolute Gasteiger partial charge is 0.465 e. The van der Waals surface area contributed by atoms with Gasteiger partial charge in [-0.2, -0.15) is 4.31 Å². The van der Waals surface area contributed by atoms with Crippen molar-refractivity contribution in [1.82, 2.24) is 4.31 Å². The molecule has 8 nitrogen and oxygen atoms in total. The Labute approximate surface area is 286 Å². The lowest BCUT2D eigenvalue weighted by atomic mass is 10.1.